The van der Waals surface area contributed by atoms with Crippen molar-refractivity contribution in [2.24, 2.45) is 4.99 Å². The minimum atomic E-state index is -0.214. The number of nitrogens with one attached hydrogen (secondary N) is 2. The Morgan fingerprint density at radius 1 is 1.26 bits per heavy atom. The molecule has 1 saturated heterocycles. The number of hydrogen-bond donors (Lipinski definition) is 2. The average molecular weight is 562 g/mol. The summed E-state index contributed by atoms with van der Waals surface area (Å²) in [5.74, 6) is 0.549. The number of benzene rings is 1. The van der Waals surface area contributed by atoms with Gasteiger partial charge in [-0.1, -0.05) is 19.1 Å². The molecule has 0 amide bonds. The highest BCUT2D eigenvalue weighted by Gasteiger charge is 2.23. The van der Waals surface area contributed by atoms with Gasteiger partial charge in [-0.05, 0) is 31.0 Å². The summed E-state index contributed by atoms with van der Waals surface area (Å²) in [5, 5.41) is 7.98. The number of hydrogen-bond acceptors (Lipinski definition) is 5. The monoisotopic (exact) mass is 561 g/mol. The number of aromatic nitrogens is 1. The van der Waals surface area contributed by atoms with Crippen LogP contribution in [0.3, 0.4) is 0 Å². The Kier molecular flexibility index (Phi) is 11.1. The maximum atomic E-state index is 13.4. The van der Waals surface area contributed by atoms with Crippen molar-refractivity contribution >= 4 is 41.3 Å². The lowest BCUT2D eigenvalue weighted by Gasteiger charge is -2.35. The lowest BCUT2D eigenvalue weighted by Crippen LogP contribution is -2.46. The van der Waals surface area contributed by atoms with Crippen LogP contribution in [-0.4, -0.2) is 62.3 Å². The Hall–Kier alpha value is -1.30. The van der Waals surface area contributed by atoms with Crippen LogP contribution in [-0.2, 0) is 17.6 Å². The van der Waals surface area contributed by atoms with E-state index < -0.39 is 0 Å². The predicted octanol–water partition coefficient (Wildman–Crippen LogP) is 3.55. The summed E-state index contributed by atoms with van der Waals surface area (Å²) in [4.78, 5) is 12.7. The number of halogens is 2. The second-order valence-corrected chi connectivity index (χ2v) is 8.60. The molecule has 6 nitrogen and oxygen atoms in total. The molecular formula is C22H33FIN5OS. The molecule has 1 unspecified atom stereocenters. The third-order valence-electron chi connectivity index (χ3n) is 5.33. The zero-order valence-corrected chi connectivity index (χ0v) is 21.6. The van der Waals surface area contributed by atoms with Gasteiger partial charge in [0.15, 0.2) is 5.96 Å². The maximum Gasteiger partial charge on any atom is 0.191 e. The molecule has 2 heterocycles. The molecule has 0 bridgehead atoms. The van der Waals surface area contributed by atoms with E-state index in [0.717, 1.165) is 62.2 Å². The largest absolute Gasteiger partial charge is 0.379 e. The number of aryl methyl sites for hydroxylation is 2. The first-order chi connectivity index (χ1) is 14.6. The van der Waals surface area contributed by atoms with E-state index in [1.54, 1.807) is 18.4 Å². The van der Waals surface area contributed by atoms with Crippen molar-refractivity contribution in [1.82, 2.24) is 20.5 Å². The second kappa shape index (κ2) is 13.3. The van der Waals surface area contributed by atoms with Gasteiger partial charge in [0.05, 0.1) is 30.0 Å². The minimum absolute atomic E-state index is 0. The summed E-state index contributed by atoms with van der Waals surface area (Å²) in [6.45, 7) is 8.89. The van der Waals surface area contributed by atoms with E-state index in [2.05, 4.69) is 34.4 Å². The van der Waals surface area contributed by atoms with Crippen molar-refractivity contribution in [1.29, 1.82) is 0 Å². The highest BCUT2D eigenvalue weighted by molar-refractivity contribution is 14.0. The Morgan fingerprint density at radius 3 is 2.58 bits per heavy atom. The molecule has 1 atom stereocenters. The molecule has 3 rings (SSSR count). The van der Waals surface area contributed by atoms with Crippen LogP contribution in [0.15, 0.2) is 29.3 Å². The molecule has 1 aliphatic heterocycles. The Morgan fingerprint density at radius 2 is 1.97 bits per heavy atom. The standard InChI is InChI=1S/C22H32FN5OS.HI/c1-4-19-16(2)30-21(27-19)9-10-25-22(24-3)26-15-20(28-11-13-29-14-12-28)17-5-7-18(23)8-6-17;/h5-8,20H,4,9-15H2,1-3H3,(H2,24,25,26);1H. The van der Waals surface area contributed by atoms with Gasteiger partial charge in [0.1, 0.15) is 5.82 Å². The van der Waals surface area contributed by atoms with Gasteiger partial charge in [-0.2, -0.15) is 0 Å². The van der Waals surface area contributed by atoms with E-state index in [0.29, 0.717) is 6.54 Å². The average Bonchev–Trinajstić information content (AvgIpc) is 3.14. The summed E-state index contributed by atoms with van der Waals surface area (Å²) >= 11 is 1.77. The lowest BCUT2D eigenvalue weighted by atomic mass is 10.0. The van der Waals surface area contributed by atoms with E-state index in [-0.39, 0.29) is 35.8 Å². The number of thiazole rings is 1. The Balaban J connectivity index is 0.00000341. The summed E-state index contributed by atoms with van der Waals surface area (Å²) in [6.07, 6.45) is 1.85. The van der Waals surface area contributed by atoms with Crippen LogP contribution in [0.5, 0.6) is 0 Å². The van der Waals surface area contributed by atoms with Gasteiger partial charge in [0.25, 0.3) is 0 Å². The molecule has 31 heavy (non-hydrogen) atoms. The van der Waals surface area contributed by atoms with Crippen molar-refractivity contribution in [3.63, 3.8) is 0 Å². The third kappa shape index (κ3) is 7.65. The van der Waals surface area contributed by atoms with Crippen LogP contribution in [0.1, 0.15) is 34.1 Å². The van der Waals surface area contributed by atoms with Crippen molar-refractivity contribution in [2.75, 3.05) is 46.4 Å². The first-order valence-corrected chi connectivity index (χ1v) is 11.4. The van der Waals surface area contributed by atoms with Gasteiger partial charge in [0.2, 0.25) is 0 Å². The van der Waals surface area contributed by atoms with Crippen molar-refractivity contribution in [2.45, 2.75) is 32.7 Å². The van der Waals surface area contributed by atoms with Crippen LogP contribution in [0.25, 0.3) is 0 Å². The molecule has 2 N–H and O–H groups in total. The van der Waals surface area contributed by atoms with Crippen LogP contribution in [0.2, 0.25) is 0 Å². The van der Waals surface area contributed by atoms with Gasteiger partial charge in [-0.15, -0.1) is 35.3 Å². The van der Waals surface area contributed by atoms with Crippen LogP contribution < -0.4 is 10.6 Å². The summed E-state index contributed by atoms with van der Waals surface area (Å²) in [5.41, 5.74) is 2.29. The first kappa shape index (κ1) is 26.0. The number of nitrogens with zero attached hydrogens (tertiary/aromatic N) is 3. The third-order valence-corrected chi connectivity index (χ3v) is 6.40. The molecule has 0 saturated carbocycles. The number of aliphatic imine (C=N–C) groups is 1. The van der Waals surface area contributed by atoms with E-state index in [1.807, 2.05) is 12.1 Å². The minimum Gasteiger partial charge on any atom is -0.379 e. The van der Waals surface area contributed by atoms with Gasteiger partial charge in [-0.3, -0.25) is 9.89 Å². The topological polar surface area (TPSA) is 61.8 Å². The quantitative estimate of drug-likeness (QED) is 0.294. The fourth-order valence-corrected chi connectivity index (χ4v) is 4.68. The molecule has 0 radical (unpaired) electrons. The highest BCUT2D eigenvalue weighted by Crippen LogP contribution is 2.22. The molecule has 0 aliphatic carbocycles. The van der Waals surface area contributed by atoms with E-state index in [9.17, 15) is 4.39 Å². The maximum absolute atomic E-state index is 13.4. The summed E-state index contributed by atoms with van der Waals surface area (Å²) in [6, 6.07) is 6.90. The fourth-order valence-electron chi connectivity index (χ4n) is 3.66. The van der Waals surface area contributed by atoms with Crippen LogP contribution in [0.4, 0.5) is 4.39 Å². The molecule has 1 aromatic carbocycles. The van der Waals surface area contributed by atoms with Crippen molar-refractivity contribution in [3.8, 4) is 0 Å². The molecule has 0 spiro atoms. The van der Waals surface area contributed by atoms with Crippen molar-refractivity contribution < 1.29 is 9.13 Å². The number of rotatable bonds is 8. The highest BCUT2D eigenvalue weighted by atomic mass is 127. The van der Waals surface area contributed by atoms with Crippen LogP contribution >= 0.6 is 35.3 Å². The molecule has 172 valence electrons. The lowest BCUT2D eigenvalue weighted by molar-refractivity contribution is 0.0170. The zero-order valence-electron chi connectivity index (χ0n) is 18.5. The smallest absolute Gasteiger partial charge is 0.191 e. The number of ether oxygens (including phenoxy) is 1. The Labute approximate surface area is 205 Å². The number of guanidine groups is 1. The molecular weight excluding hydrogens is 528 g/mol. The van der Waals surface area contributed by atoms with Gasteiger partial charge in [0, 0.05) is 44.5 Å². The predicted molar refractivity (Wildman–Crippen MR) is 136 cm³/mol. The van der Waals surface area contributed by atoms with Gasteiger partial charge >= 0.3 is 0 Å². The fraction of sp³-hybridized carbons (Fsp3) is 0.545. The van der Waals surface area contributed by atoms with E-state index in [4.69, 9.17) is 9.72 Å². The SMILES string of the molecule is CCc1nc(CCNC(=NC)NCC(c2ccc(F)cc2)N2CCOCC2)sc1C.I. The van der Waals surface area contributed by atoms with E-state index >= 15 is 0 Å². The first-order valence-electron chi connectivity index (χ1n) is 10.6. The summed E-state index contributed by atoms with van der Waals surface area (Å²) in [7, 11) is 1.78. The van der Waals surface area contributed by atoms with Crippen molar-refractivity contribution in [3.05, 3.63) is 51.2 Å². The molecule has 9 heteroatoms. The van der Waals surface area contributed by atoms with E-state index in [1.165, 1.54) is 22.7 Å². The second-order valence-electron chi connectivity index (χ2n) is 7.31. The summed E-state index contributed by atoms with van der Waals surface area (Å²) < 4.78 is 18.9. The molecule has 1 aliphatic rings. The van der Waals surface area contributed by atoms with Gasteiger partial charge in [-0.25, -0.2) is 9.37 Å². The molecule has 2 aromatic rings. The number of morpholine rings is 1. The normalized spacial score (nSPS) is 15.9. The Bertz CT molecular complexity index is 824. The molecule has 1 aromatic heterocycles. The van der Waals surface area contributed by atoms with Gasteiger partial charge < -0.3 is 15.4 Å². The van der Waals surface area contributed by atoms with Crippen LogP contribution in [0, 0.1) is 12.7 Å². The zero-order chi connectivity index (χ0) is 21.3. The molecule has 1 fully saturated rings.